The second kappa shape index (κ2) is 8.19. The van der Waals surface area contributed by atoms with E-state index in [2.05, 4.69) is 6.92 Å². The Labute approximate surface area is 176 Å². The minimum atomic E-state index is -3.67. The molecule has 0 saturated carbocycles. The lowest BCUT2D eigenvalue weighted by Crippen LogP contribution is -2.42. The van der Waals surface area contributed by atoms with Gasteiger partial charge in [-0.25, -0.2) is 13.2 Å². The van der Waals surface area contributed by atoms with Crippen molar-refractivity contribution in [3.63, 3.8) is 0 Å². The van der Waals surface area contributed by atoms with Crippen LogP contribution in [0, 0.1) is 5.92 Å². The highest BCUT2D eigenvalue weighted by Gasteiger charge is 2.31. The number of aromatic nitrogens is 1. The number of likely N-dealkylation sites (tertiary alicyclic amines) is 1. The van der Waals surface area contributed by atoms with E-state index in [4.69, 9.17) is 4.42 Å². The van der Waals surface area contributed by atoms with Crippen molar-refractivity contribution < 1.29 is 17.6 Å². The van der Waals surface area contributed by atoms with Crippen LogP contribution in [0.5, 0.6) is 0 Å². The molecular weight excluding hydrogens is 406 g/mol. The normalized spacial score (nSPS) is 23.7. The Kier molecular flexibility index (Phi) is 5.76. The number of hydrogen-bond donors (Lipinski definition) is 0. The number of benzene rings is 1. The topological polar surface area (TPSA) is 92.8 Å². The van der Waals surface area contributed by atoms with Gasteiger partial charge in [-0.3, -0.25) is 9.36 Å². The molecule has 1 amide bonds. The van der Waals surface area contributed by atoms with Gasteiger partial charge in [-0.05, 0) is 50.7 Å². The molecule has 2 fully saturated rings. The Hall–Kier alpha value is -2.13. The number of carbonyl (C=O) groups is 1. The molecule has 0 radical (unpaired) electrons. The highest BCUT2D eigenvalue weighted by Crippen LogP contribution is 2.27. The minimum absolute atomic E-state index is 0.0550. The first-order valence-electron chi connectivity index (χ1n) is 10.7. The zero-order valence-electron chi connectivity index (χ0n) is 17.5. The van der Waals surface area contributed by atoms with Crippen LogP contribution in [0.3, 0.4) is 0 Å². The zero-order chi connectivity index (χ0) is 21.5. The van der Waals surface area contributed by atoms with Gasteiger partial charge < -0.3 is 9.32 Å². The van der Waals surface area contributed by atoms with E-state index >= 15 is 0 Å². The van der Waals surface area contributed by atoms with Gasteiger partial charge in [0.2, 0.25) is 15.9 Å². The average molecular weight is 436 g/mol. The van der Waals surface area contributed by atoms with Crippen LogP contribution < -0.4 is 5.76 Å². The monoisotopic (exact) mass is 435 g/mol. The first kappa shape index (κ1) is 21.1. The largest absolute Gasteiger partial charge is 0.420 e. The fourth-order valence-corrected chi connectivity index (χ4v) is 6.29. The smallest absolute Gasteiger partial charge is 0.408 e. The van der Waals surface area contributed by atoms with Crippen molar-refractivity contribution in [2.24, 2.45) is 5.92 Å². The zero-order valence-corrected chi connectivity index (χ0v) is 18.4. The summed E-state index contributed by atoms with van der Waals surface area (Å²) in [6.07, 6.45) is 4.77. The van der Waals surface area contributed by atoms with Crippen molar-refractivity contribution in [2.45, 2.75) is 63.4 Å². The van der Waals surface area contributed by atoms with Crippen LogP contribution in [-0.2, 0) is 21.4 Å². The molecule has 2 aliphatic heterocycles. The quantitative estimate of drug-likeness (QED) is 0.735. The van der Waals surface area contributed by atoms with Gasteiger partial charge >= 0.3 is 5.76 Å². The van der Waals surface area contributed by atoms with E-state index in [1.807, 2.05) is 6.92 Å². The predicted octanol–water partition coefficient (Wildman–Crippen LogP) is 2.42. The Balaban J connectivity index is 1.61. The number of fused-ring (bicyclic) bond motifs is 1. The van der Waals surface area contributed by atoms with E-state index in [-0.39, 0.29) is 29.0 Å². The number of oxazole rings is 1. The third-order valence-corrected chi connectivity index (χ3v) is 8.30. The molecule has 0 unspecified atom stereocenters. The molecular formula is C21H29N3O5S. The van der Waals surface area contributed by atoms with Crippen LogP contribution in [0.25, 0.3) is 11.1 Å². The van der Waals surface area contributed by atoms with Gasteiger partial charge in [0.25, 0.3) is 0 Å². The summed E-state index contributed by atoms with van der Waals surface area (Å²) < 4.78 is 34.3. The molecule has 0 N–H and O–H groups in total. The molecule has 2 saturated heterocycles. The molecule has 1 aromatic carbocycles. The Morgan fingerprint density at radius 2 is 1.93 bits per heavy atom. The van der Waals surface area contributed by atoms with E-state index < -0.39 is 15.8 Å². The van der Waals surface area contributed by atoms with E-state index in [0.717, 1.165) is 32.1 Å². The third kappa shape index (κ3) is 3.92. The van der Waals surface area contributed by atoms with E-state index in [1.54, 1.807) is 11.0 Å². The van der Waals surface area contributed by atoms with Crippen molar-refractivity contribution in [3.05, 3.63) is 28.7 Å². The number of nitrogens with zero attached hydrogens (tertiary/aromatic N) is 3. The average Bonchev–Trinajstić information content (AvgIpc) is 3.02. The van der Waals surface area contributed by atoms with Crippen LogP contribution >= 0.6 is 0 Å². The summed E-state index contributed by atoms with van der Waals surface area (Å²) in [5.41, 5.74) is 0.620. The summed E-state index contributed by atoms with van der Waals surface area (Å²) in [7, 11) is -3.67. The lowest BCUT2D eigenvalue weighted by molar-refractivity contribution is -0.133. The molecule has 4 rings (SSSR count). The first-order valence-corrected chi connectivity index (χ1v) is 12.1. The number of carbonyl (C=O) groups excluding carboxylic acids is 1. The third-order valence-electron chi connectivity index (χ3n) is 6.29. The molecule has 0 aliphatic carbocycles. The summed E-state index contributed by atoms with van der Waals surface area (Å²) in [4.78, 5) is 27.0. The Morgan fingerprint density at radius 1 is 1.13 bits per heavy atom. The van der Waals surface area contributed by atoms with Gasteiger partial charge in [0.15, 0.2) is 5.58 Å². The lowest BCUT2D eigenvalue weighted by atomic mass is 10.0. The SMILES string of the molecule is C[C@@H]1CCCN(C(=O)Cn2c(=O)oc3cc(S(=O)(=O)N4CCCC[C@H]4C)ccc32)C1. The fraction of sp³-hybridized carbons (Fsp3) is 0.619. The second-order valence-electron chi connectivity index (χ2n) is 8.63. The van der Waals surface area contributed by atoms with E-state index in [1.165, 1.54) is 21.0 Å². The second-order valence-corrected chi connectivity index (χ2v) is 10.5. The first-order chi connectivity index (χ1) is 14.3. The molecule has 0 bridgehead atoms. The van der Waals surface area contributed by atoms with Gasteiger partial charge in [0.1, 0.15) is 6.54 Å². The number of amides is 1. The molecule has 3 heterocycles. The lowest BCUT2D eigenvalue weighted by Gasteiger charge is -2.32. The van der Waals surface area contributed by atoms with Gasteiger partial charge in [0.05, 0.1) is 10.4 Å². The number of rotatable bonds is 4. The molecule has 164 valence electrons. The number of hydrogen-bond acceptors (Lipinski definition) is 5. The van der Waals surface area contributed by atoms with Gasteiger partial charge in [-0.2, -0.15) is 4.31 Å². The summed E-state index contributed by atoms with van der Waals surface area (Å²) >= 11 is 0. The number of piperidine rings is 2. The highest BCUT2D eigenvalue weighted by molar-refractivity contribution is 7.89. The fourth-order valence-electron chi connectivity index (χ4n) is 4.57. The molecule has 2 aromatic rings. The van der Waals surface area contributed by atoms with E-state index in [0.29, 0.717) is 31.1 Å². The molecule has 30 heavy (non-hydrogen) atoms. The molecule has 8 nitrogen and oxygen atoms in total. The van der Waals surface area contributed by atoms with Crippen LogP contribution in [-0.4, -0.2) is 53.8 Å². The maximum absolute atomic E-state index is 13.1. The Morgan fingerprint density at radius 3 is 2.67 bits per heavy atom. The maximum atomic E-state index is 13.1. The standard InChI is InChI=1S/C21H29N3O5S/c1-15-6-5-10-22(13-15)20(25)14-23-18-9-8-17(12-19(18)29-21(23)26)30(27,28)24-11-4-3-7-16(24)2/h8-9,12,15-16H,3-7,10-11,13-14H2,1-2H3/t15-,16-/m1/s1. The summed E-state index contributed by atoms with van der Waals surface area (Å²) in [5.74, 6) is -0.319. The van der Waals surface area contributed by atoms with Crippen molar-refractivity contribution in [1.82, 2.24) is 13.8 Å². The Bertz CT molecular complexity index is 1100. The molecule has 1 aromatic heterocycles. The van der Waals surface area contributed by atoms with Crippen LogP contribution in [0.15, 0.2) is 32.3 Å². The minimum Gasteiger partial charge on any atom is -0.408 e. The van der Waals surface area contributed by atoms with Crippen molar-refractivity contribution in [1.29, 1.82) is 0 Å². The summed E-state index contributed by atoms with van der Waals surface area (Å²) in [5, 5.41) is 0. The van der Waals surface area contributed by atoms with Gasteiger partial charge in [0, 0.05) is 31.7 Å². The molecule has 2 aliphatic rings. The summed E-state index contributed by atoms with van der Waals surface area (Å²) in [6.45, 7) is 5.82. The molecule has 2 atom stereocenters. The summed E-state index contributed by atoms with van der Waals surface area (Å²) in [6, 6.07) is 4.41. The van der Waals surface area contributed by atoms with E-state index in [9.17, 15) is 18.0 Å². The maximum Gasteiger partial charge on any atom is 0.420 e. The van der Waals surface area contributed by atoms with Crippen LogP contribution in [0.4, 0.5) is 0 Å². The van der Waals surface area contributed by atoms with Gasteiger partial charge in [-0.15, -0.1) is 0 Å². The highest BCUT2D eigenvalue weighted by atomic mass is 32.2. The van der Waals surface area contributed by atoms with Crippen LogP contribution in [0.2, 0.25) is 0 Å². The van der Waals surface area contributed by atoms with Crippen molar-refractivity contribution in [2.75, 3.05) is 19.6 Å². The molecule has 0 spiro atoms. The van der Waals surface area contributed by atoms with Crippen molar-refractivity contribution >= 4 is 27.0 Å². The van der Waals surface area contributed by atoms with Gasteiger partial charge in [-0.1, -0.05) is 13.3 Å². The number of sulfonamides is 1. The van der Waals surface area contributed by atoms with Crippen molar-refractivity contribution in [3.8, 4) is 0 Å². The van der Waals surface area contributed by atoms with Crippen LogP contribution in [0.1, 0.15) is 46.0 Å². The predicted molar refractivity (Wildman–Crippen MR) is 113 cm³/mol. The molecule has 9 heteroatoms.